The molecule has 1 fully saturated rings. The third-order valence-corrected chi connectivity index (χ3v) is 5.48. The first-order valence-electron chi connectivity index (χ1n) is 7.62. The Morgan fingerprint density at radius 2 is 2.52 bits per heavy atom. The predicted molar refractivity (Wildman–Crippen MR) is 83.3 cm³/mol. The van der Waals surface area contributed by atoms with Gasteiger partial charge in [0.2, 0.25) is 5.91 Å². The first-order chi connectivity index (χ1) is 10.1. The lowest BCUT2D eigenvalue weighted by Crippen LogP contribution is -2.47. The molecule has 0 aliphatic carbocycles. The third-order valence-electron chi connectivity index (χ3n) is 4.46. The van der Waals surface area contributed by atoms with Crippen molar-refractivity contribution in [3.05, 3.63) is 21.9 Å². The second-order valence-electron chi connectivity index (χ2n) is 6.03. The van der Waals surface area contributed by atoms with Crippen molar-refractivity contribution in [2.24, 2.45) is 0 Å². The normalized spacial score (nSPS) is 27.3. The van der Waals surface area contributed by atoms with Crippen molar-refractivity contribution in [1.82, 2.24) is 15.5 Å². The van der Waals surface area contributed by atoms with E-state index in [2.05, 4.69) is 33.9 Å². The summed E-state index contributed by atoms with van der Waals surface area (Å²) < 4.78 is 0. The summed E-state index contributed by atoms with van der Waals surface area (Å²) in [5.41, 5.74) is 1.44. The molecule has 2 aliphatic rings. The minimum Gasteiger partial charge on any atom is -0.392 e. The summed E-state index contributed by atoms with van der Waals surface area (Å²) in [5.74, 6) is 0.00614. The van der Waals surface area contributed by atoms with Crippen LogP contribution >= 0.6 is 11.3 Å². The summed E-state index contributed by atoms with van der Waals surface area (Å²) >= 11 is 1.85. The van der Waals surface area contributed by atoms with Gasteiger partial charge in [0.15, 0.2) is 0 Å². The van der Waals surface area contributed by atoms with E-state index in [1.165, 1.54) is 10.4 Å². The lowest BCUT2D eigenvalue weighted by molar-refractivity contribution is -0.123. The summed E-state index contributed by atoms with van der Waals surface area (Å²) in [6, 6.07) is 2.30. The van der Waals surface area contributed by atoms with Crippen LogP contribution in [0.25, 0.3) is 0 Å². The van der Waals surface area contributed by atoms with Gasteiger partial charge in [0.25, 0.3) is 0 Å². The summed E-state index contributed by atoms with van der Waals surface area (Å²) in [7, 11) is 0. The quantitative estimate of drug-likeness (QED) is 0.750. The fourth-order valence-electron chi connectivity index (χ4n) is 3.06. The van der Waals surface area contributed by atoms with E-state index in [0.29, 0.717) is 25.6 Å². The Bertz CT molecular complexity index is 505. The third kappa shape index (κ3) is 3.45. The summed E-state index contributed by atoms with van der Waals surface area (Å²) in [5, 5.41) is 17.7. The lowest BCUT2D eigenvalue weighted by atomic mass is 10.1. The molecule has 3 unspecified atom stereocenters. The lowest BCUT2D eigenvalue weighted by Gasteiger charge is -2.32. The van der Waals surface area contributed by atoms with Crippen LogP contribution in [0.3, 0.4) is 0 Å². The highest BCUT2D eigenvalue weighted by atomic mass is 32.1. The van der Waals surface area contributed by atoms with E-state index in [-0.39, 0.29) is 11.9 Å². The zero-order valence-electron chi connectivity index (χ0n) is 12.3. The summed E-state index contributed by atoms with van der Waals surface area (Å²) in [6.45, 7) is 5.38. The monoisotopic (exact) mass is 309 g/mol. The van der Waals surface area contributed by atoms with E-state index in [4.69, 9.17) is 0 Å². The zero-order chi connectivity index (χ0) is 14.8. The highest BCUT2D eigenvalue weighted by Crippen LogP contribution is 2.24. The number of hydrogen-bond acceptors (Lipinski definition) is 5. The molecule has 3 heterocycles. The number of aliphatic hydroxyl groups excluding tert-OH is 1. The largest absolute Gasteiger partial charge is 0.392 e. The van der Waals surface area contributed by atoms with E-state index >= 15 is 0 Å². The van der Waals surface area contributed by atoms with Gasteiger partial charge in [0.1, 0.15) is 0 Å². The molecule has 6 heteroatoms. The van der Waals surface area contributed by atoms with Gasteiger partial charge in [0.05, 0.1) is 12.1 Å². The zero-order valence-corrected chi connectivity index (χ0v) is 13.2. The molecule has 0 bridgehead atoms. The molecule has 116 valence electrons. The molecular formula is C15H23N3O2S. The van der Waals surface area contributed by atoms with E-state index in [9.17, 15) is 9.90 Å². The standard InChI is InChI=1S/C15H23N3O2S/c1-10(7-17-15(20)13-6-12(19)8-16-13)18-4-2-14-11(9-18)3-5-21-14/h3,5,10,12-13,16,19H,2,4,6-9H2,1H3,(H,17,20). The highest BCUT2D eigenvalue weighted by Gasteiger charge is 2.28. The molecule has 5 nitrogen and oxygen atoms in total. The Hall–Kier alpha value is -0.950. The van der Waals surface area contributed by atoms with E-state index < -0.39 is 6.10 Å². The van der Waals surface area contributed by atoms with Crippen LogP contribution in [0.15, 0.2) is 11.4 Å². The van der Waals surface area contributed by atoms with Crippen LogP contribution in [-0.4, -0.2) is 53.7 Å². The summed E-state index contributed by atoms with van der Waals surface area (Å²) in [4.78, 5) is 16.0. The van der Waals surface area contributed by atoms with Crippen molar-refractivity contribution in [1.29, 1.82) is 0 Å². The Balaban J connectivity index is 1.46. The number of β-amino-alcohol motifs (C(OH)–C–C–N with tert-alkyl or cyclic N) is 1. The first kappa shape index (κ1) is 15.0. The number of nitrogens with zero attached hydrogens (tertiary/aromatic N) is 1. The SMILES string of the molecule is CC(CNC(=O)C1CC(O)CN1)N1CCc2sccc2C1. The maximum Gasteiger partial charge on any atom is 0.237 e. The molecule has 3 rings (SSSR count). The molecule has 1 aromatic heterocycles. The van der Waals surface area contributed by atoms with Gasteiger partial charge in [-0.05, 0) is 36.8 Å². The van der Waals surface area contributed by atoms with E-state index in [1.807, 2.05) is 11.3 Å². The van der Waals surface area contributed by atoms with Crippen LogP contribution in [0.4, 0.5) is 0 Å². The van der Waals surface area contributed by atoms with Gasteiger partial charge in [-0.1, -0.05) is 0 Å². The fourth-order valence-corrected chi connectivity index (χ4v) is 3.95. The number of amides is 1. The Morgan fingerprint density at radius 1 is 1.67 bits per heavy atom. The molecule has 3 atom stereocenters. The van der Waals surface area contributed by atoms with Crippen molar-refractivity contribution in [3.63, 3.8) is 0 Å². The van der Waals surface area contributed by atoms with Gasteiger partial charge in [-0.15, -0.1) is 11.3 Å². The van der Waals surface area contributed by atoms with Crippen LogP contribution in [0.5, 0.6) is 0 Å². The van der Waals surface area contributed by atoms with Crippen LogP contribution in [0.1, 0.15) is 23.8 Å². The van der Waals surface area contributed by atoms with Crippen molar-refractivity contribution in [3.8, 4) is 0 Å². The van der Waals surface area contributed by atoms with Crippen molar-refractivity contribution < 1.29 is 9.90 Å². The molecule has 1 amide bonds. The minimum absolute atomic E-state index is 0.00614. The van der Waals surface area contributed by atoms with Gasteiger partial charge < -0.3 is 15.7 Å². The number of carbonyl (C=O) groups is 1. The first-order valence-corrected chi connectivity index (χ1v) is 8.50. The van der Waals surface area contributed by atoms with Crippen molar-refractivity contribution in [2.75, 3.05) is 19.6 Å². The van der Waals surface area contributed by atoms with Crippen LogP contribution in [0, 0.1) is 0 Å². The Labute approximate surface area is 129 Å². The summed E-state index contributed by atoms with van der Waals surface area (Å²) in [6.07, 6.45) is 1.24. The predicted octanol–water partition coefficient (Wildman–Crippen LogP) is 0.334. The van der Waals surface area contributed by atoms with E-state index in [0.717, 1.165) is 19.5 Å². The smallest absolute Gasteiger partial charge is 0.237 e. The van der Waals surface area contributed by atoms with Gasteiger partial charge in [-0.25, -0.2) is 0 Å². The van der Waals surface area contributed by atoms with E-state index in [1.54, 1.807) is 0 Å². The maximum atomic E-state index is 12.0. The minimum atomic E-state index is -0.391. The number of aliphatic hydroxyl groups is 1. The number of rotatable bonds is 4. The number of hydrogen-bond donors (Lipinski definition) is 3. The number of carbonyl (C=O) groups excluding carboxylic acids is 1. The van der Waals surface area contributed by atoms with Crippen molar-refractivity contribution in [2.45, 2.75) is 44.5 Å². The molecule has 0 saturated carbocycles. The molecular weight excluding hydrogens is 286 g/mol. The Kier molecular flexibility index (Phi) is 4.59. The van der Waals surface area contributed by atoms with Gasteiger partial charge in [-0.2, -0.15) is 0 Å². The molecule has 0 radical (unpaired) electrons. The second-order valence-corrected chi connectivity index (χ2v) is 7.03. The molecule has 1 saturated heterocycles. The molecule has 0 aromatic carbocycles. The highest BCUT2D eigenvalue weighted by molar-refractivity contribution is 7.10. The molecule has 21 heavy (non-hydrogen) atoms. The van der Waals surface area contributed by atoms with Gasteiger partial charge in [0, 0.05) is 37.1 Å². The van der Waals surface area contributed by atoms with Gasteiger partial charge >= 0.3 is 0 Å². The van der Waals surface area contributed by atoms with Crippen molar-refractivity contribution >= 4 is 17.2 Å². The van der Waals surface area contributed by atoms with Crippen LogP contribution in [-0.2, 0) is 17.8 Å². The number of fused-ring (bicyclic) bond motifs is 1. The van der Waals surface area contributed by atoms with Gasteiger partial charge in [-0.3, -0.25) is 9.69 Å². The number of nitrogens with one attached hydrogen (secondary N) is 2. The molecule has 2 aliphatic heterocycles. The molecule has 3 N–H and O–H groups in total. The number of thiophene rings is 1. The van der Waals surface area contributed by atoms with Crippen LogP contribution < -0.4 is 10.6 Å². The fraction of sp³-hybridized carbons (Fsp3) is 0.667. The molecule has 1 aromatic rings. The second kappa shape index (κ2) is 6.44. The maximum absolute atomic E-state index is 12.0. The van der Waals surface area contributed by atoms with Crippen LogP contribution in [0.2, 0.25) is 0 Å². The average molecular weight is 309 g/mol. The Morgan fingerprint density at radius 3 is 3.29 bits per heavy atom. The molecule has 0 spiro atoms. The topological polar surface area (TPSA) is 64.6 Å². The average Bonchev–Trinajstić information content (AvgIpc) is 3.12.